The number of hydrogen-bond donors (Lipinski definition) is 1. The fourth-order valence-electron chi connectivity index (χ4n) is 3.54. The summed E-state index contributed by atoms with van der Waals surface area (Å²) in [6, 6.07) is 14.3. The lowest BCUT2D eigenvalue weighted by molar-refractivity contribution is -0.112. The van der Waals surface area contributed by atoms with Gasteiger partial charge in [0.2, 0.25) is 0 Å². The van der Waals surface area contributed by atoms with Crippen LogP contribution in [0.5, 0.6) is 5.75 Å². The van der Waals surface area contributed by atoms with Gasteiger partial charge in [-0.25, -0.2) is 0 Å². The third-order valence-electron chi connectivity index (χ3n) is 5.36. The molecule has 2 N–H and O–H groups in total. The van der Waals surface area contributed by atoms with Crippen LogP contribution in [0, 0.1) is 0 Å². The third-order valence-corrected chi connectivity index (χ3v) is 5.36. The van der Waals surface area contributed by atoms with E-state index in [1.807, 2.05) is 37.3 Å². The predicted molar refractivity (Wildman–Crippen MR) is 122 cm³/mol. The van der Waals surface area contributed by atoms with E-state index < -0.39 is 6.04 Å². The van der Waals surface area contributed by atoms with Crippen molar-refractivity contribution >= 4 is 30.4 Å². The molecule has 0 spiro atoms. The Morgan fingerprint density at radius 2 is 1.97 bits per heavy atom. The molecule has 0 aromatic heterocycles. The molecule has 2 aromatic rings. The van der Waals surface area contributed by atoms with Crippen LogP contribution in [0.1, 0.15) is 47.3 Å². The highest BCUT2D eigenvalue weighted by Gasteiger charge is 2.34. The molecule has 1 aliphatic rings. The van der Waals surface area contributed by atoms with E-state index in [-0.39, 0.29) is 31.5 Å². The van der Waals surface area contributed by atoms with Crippen molar-refractivity contribution in [3.63, 3.8) is 0 Å². The second-order valence-corrected chi connectivity index (χ2v) is 7.44. The monoisotopic (exact) mass is 434 g/mol. The number of carbonyl (C=O) groups excluding carboxylic acids is 3. The summed E-state index contributed by atoms with van der Waals surface area (Å²) in [5.74, 6) is 5.78. The van der Waals surface area contributed by atoms with Crippen molar-refractivity contribution in [3.05, 3.63) is 65.2 Å². The van der Waals surface area contributed by atoms with Gasteiger partial charge in [0.15, 0.2) is 0 Å². The van der Waals surface area contributed by atoms with Gasteiger partial charge in [0, 0.05) is 23.8 Å². The second-order valence-electron chi connectivity index (χ2n) is 7.44. The van der Waals surface area contributed by atoms with Gasteiger partial charge in [-0.15, -0.1) is 0 Å². The Bertz CT molecular complexity index is 1020. The van der Waals surface area contributed by atoms with Gasteiger partial charge in [-0.05, 0) is 31.0 Å². The highest BCUT2D eigenvalue weighted by Crippen LogP contribution is 2.32. The van der Waals surface area contributed by atoms with Crippen LogP contribution in [-0.4, -0.2) is 48.0 Å². The maximum atomic E-state index is 12.8. The van der Waals surface area contributed by atoms with E-state index >= 15 is 0 Å². The van der Waals surface area contributed by atoms with Crippen molar-refractivity contribution in [2.75, 3.05) is 6.61 Å². The minimum absolute atomic E-state index is 0.0632. The van der Waals surface area contributed by atoms with E-state index in [0.29, 0.717) is 35.3 Å². The average molecular weight is 434 g/mol. The van der Waals surface area contributed by atoms with Crippen LogP contribution in [-0.2, 0) is 16.1 Å². The first-order valence-corrected chi connectivity index (χ1v) is 10.4. The maximum absolute atomic E-state index is 12.8. The van der Waals surface area contributed by atoms with Crippen molar-refractivity contribution in [1.29, 1.82) is 0 Å². The molecule has 0 saturated carbocycles. The summed E-state index contributed by atoms with van der Waals surface area (Å²) in [5, 5.41) is 3.75. The van der Waals surface area contributed by atoms with Crippen LogP contribution >= 0.6 is 0 Å². The van der Waals surface area contributed by atoms with Crippen molar-refractivity contribution in [1.82, 2.24) is 4.90 Å². The van der Waals surface area contributed by atoms with Gasteiger partial charge in [0.1, 0.15) is 30.6 Å². The zero-order valence-corrected chi connectivity index (χ0v) is 17.9. The number of fused-ring (bicyclic) bond motifs is 1. The number of nitrogens with two attached hydrogens (primary N) is 1. The topological polar surface area (TPSA) is 114 Å². The molecular formula is C24H26N4O4. The van der Waals surface area contributed by atoms with Crippen LogP contribution in [0.3, 0.4) is 0 Å². The van der Waals surface area contributed by atoms with E-state index in [1.54, 1.807) is 24.4 Å². The Morgan fingerprint density at radius 1 is 1.19 bits per heavy atom. The fourth-order valence-corrected chi connectivity index (χ4v) is 3.54. The molecule has 1 heterocycles. The molecule has 0 fully saturated rings. The number of aliphatic imine (C=N–C) groups is 1. The number of hydrogen-bond acceptors (Lipinski definition) is 7. The summed E-state index contributed by atoms with van der Waals surface area (Å²) in [6.45, 7) is 2.29. The maximum Gasteiger partial charge on any atom is 0.255 e. The van der Waals surface area contributed by atoms with Gasteiger partial charge in [-0.3, -0.25) is 9.79 Å². The van der Waals surface area contributed by atoms with Crippen LogP contribution in [0.2, 0.25) is 0 Å². The van der Waals surface area contributed by atoms with Crippen molar-refractivity contribution in [2.45, 2.75) is 38.4 Å². The molecule has 3 rings (SSSR count). The average Bonchev–Trinajstić information content (AvgIpc) is 3.17. The number of amides is 1. The number of hydrazone groups is 1. The van der Waals surface area contributed by atoms with Gasteiger partial charge >= 0.3 is 0 Å². The van der Waals surface area contributed by atoms with E-state index in [1.165, 1.54) is 4.90 Å². The number of aldehydes is 2. The Kier molecular flexibility index (Phi) is 7.85. The highest BCUT2D eigenvalue weighted by molar-refractivity contribution is 6.31. The van der Waals surface area contributed by atoms with E-state index in [2.05, 4.69) is 10.1 Å². The molecule has 2 aromatic carbocycles. The molecule has 8 nitrogen and oxygen atoms in total. The molecule has 1 aliphatic heterocycles. The Balaban J connectivity index is 1.68. The molecule has 0 aliphatic carbocycles. The second kappa shape index (κ2) is 11.0. The van der Waals surface area contributed by atoms with Crippen molar-refractivity contribution in [2.24, 2.45) is 15.9 Å². The molecule has 2 atom stereocenters. The Labute approximate surface area is 186 Å². The first-order chi connectivity index (χ1) is 15.6. The molecule has 166 valence electrons. The van der Waals surface area contributed by atoms with Gasteiger partial charge in [-0.2, -0.15) is 5.10 Å². The Morgan fingerprint density at radius 3 is 2.66 bits per heavy atom. The van der Waals surface area contributed by atoms with Gasteiger partial charge in [0.25, 0.3) is 5.91 Å². The van der Waals surface area contributed by atoms with Crippen LogP contribution in [0.15, 0.2) is 58.6 Å². The molecular weight excluding hydrogens is 408 g/mol. The van der Waals surface area contributed by atoms with Gasteiger partial charge < -0.3 is 25.1 Å². The summed E-state index contributed by atoms with van der Waals surface area (Å²) >= 11 is 0. The Hall–Kier alpha value is -3.81. The SMILES string of the molecule is C[C@H](N=CC(COc1cccc2c1CN(C(C=O)CCC=O)C2=O)=NN)c1ccccc1. The molecule has 1 amide bonds. The summed E-state index contributed by atoms with van der Waals surface area (Å²) in [5.41, 5.74) is 2.70. The summed E-state index contributed by atoms with van der Waals surface area (Å²) < 4.78 is 5.91. The lowest BCUT2D eigenvalue weighted by atomic mass is 10.1. The largest absolute Gasteiger partial charge is 0.487 e. The minimum Gasteiger partial charge on any atom is -0.487 e. The van der Waals surface area contributed by atoms with E-state index in [9.17, 15) is 14.4 Å². The number of carbonyl (C=O) groups is 3. The molecule has 32 heavy (non-hydrogen) atoms. The summed E-state index contributed by atoms with van der Waals surface area (Å²) in [6.07, 6.45) is 3.54. The molecule has 8 heteroatoms. The predicted octanol–water partition coefficient (Wildman–Crippen LogP) is 2.71. The molecule has 1 unspecified atom stereocenters. The standard InChI is InChI=1S/C24H26N4O4/c1-17(18-7-3-2-4-8-18)26-13-19(27-25)16-32-23-11-5-10-21-22(23)14-28(24(21)31)20(15-30)9-6-12-29/h2-5,7-8,10-13,15,17,20H,6,9,14,16,25H2,1H3/t17-,20?/m0/s1. The highest BCUT2D eigenvalue weighted by atomic mass is 16.5. The summed E-state index contributed by atoms with van der Waals surface area (Å²) in [7, 11) is 0. The van der Waals surface area contributed by atoms with Crippen molar-refractivity contribution in [3.8, 4) is 5.75 Å². The lowest BCUT2D eigenvalue weighted by Crippen LogP contribution is -2.36. The molecule has 0 saturated heterocycles. The lowest BCUT2D eigenvalue weighted by Gasteiger charge is -2.22. The first kappa shape index (κ1) is 22.9. The number of rotatable bonds is 11. The van der Waals surface area contributed by atoms with Crippen LogP contribution < -0.4 is 10.6 Å². The molecule has 0 radical (unpaired) electrons. The smallest absolute Gasteiger partial charge is 0.255 e. The van der Waals surface area contributed by atoms with E-state index in [4.69, 9.17) is 10.6 Å². The fraction of sp³-hybridized carbons (Fsp3) is 0.292. The normalized spacial score (nSPS) is 15.5. The third kappa shape index (κ3) is 5.26. The zero-order valence-electron chi connectivity index (χ0n) is 17.9. The summed E-state index contributed by atoms with van der Waals surface area (Å²) in [4.78, 5) is 40.9. The molecule has 0 bridgehead atoms. The number of nitrogens with zero attached hydrogens (tertiary/aromatic N) is 3. The quantitative estimate of drug-likeness (QED) is 0.253. The minimum atomic E-state index is -0.652. The number of benzene rings is 2. The van der Waals surface area contributed by atoms with E-state index in [0.717, 1.165) is 11.8 Å². The number of ether oxygens (including phenoxy) is 1. The van der Waals surface area contributed by atoms with Crippen LogP contribution in [0.4, 0.5) is 0 Å². The zero-order chi connectivity index (χ0) is 22.9. The van der Waals surface area contributed by atoms with Crippen LogP contribution in [0.25, 0.3) is 0 Å². The van der Waals surface area contributed by atoms with Crippen molar-refractivity contribution < 1.29 is 19.1 Å². The van der Waals surface area contributed by atoms with Gasteiger partial charge in [0.05, 0.1) is 18.6 Å². The van der Waals surface area contributed by atoms with Gasteiger partial charge in [-0.1, -0.05) is 36.4 Å². The first-order valence-electron chi connectivity index (χ1n) is 10.4.